The van der Waals surface area contributed by atoms with E-state index in [9.17, 15) is 4.79 Å². The minimum Gasteiger partial charge on any atom is -0.460 e. The highest BCUT2D eigenvalue weighted by Gasteiger charge is 2.61. The van der Waals surface area contributed by atoms with Crippen LogP contribution in [0.4, 0.5) is 0 Å². The molecule has 1 aromatic heterocycles. The topological polar surface area (TPSA) is 39.4 Å². The van der Waals surface area contributed by atoms with Crippen molar-refractivity contribution in [3.05, 3.63) is 48.5 Å². The smallest absolute Gasteiger partial charge is 0.311 e. The third-order valence-electron chi connectivity index (χ3n) is 4.22. The summed E-state index contributed by atoms with van der Waals surface area (Å²) < 4.78 is 11.0. The molecule has 3 heteroatoms. The number of carbonyl (C=O) groups is 1. The van der Waals surface area contributed by atoms with Crippen LogP contribution in [0.15, 0.2) is 41.4 Å². The van der Waals surface area contributed by atoms with Crippen molar-refractivity contribution >= 4 is 5.97 Å². The van der Waals surface area contributed by atoms with Crippen LogP contribution in [-0.4, -0.2) is 5.97 Å². The van der Waals surface area contributed by atoms with Gasteiger partial charge in [-0.1, -0.05) is 50.5 Å². The van der Waals surface area contributed by atoms with Gasteiger partial charge in [0.15, 0.2) is 5.76 Å². The van der Waals surface area contributed by atoms with Crippen LogP contribution >= 0.6 is 0 Å². The molecule has 1 aliphatic rings. The van der Waals surface area contributed by atoms with E-state index < -0.39 is 6.10 Å². The van der Waals surface area contributed by atoms with Crippen molar-refractivity contribution in [1.29, 1.82) is 0 Å². The number of allylic oxidation sites excluding steroid dienone is 3. The first-order valence-electron chi connectivity index (χ1n) is 7.43. The van der Waals surface area contributed by atoms with Gasteiger partial charge in [-0.3, -0.25) is 4.79 Å². The van der Waals surface area contributed by atoms with Gasteiger partial charge in [0, 0.05) is 0 Å². The molecule has 1 aliphatic carbocycles. The predicted octanol–water partition coefficient (Wildman–Crippen LogP) is 3.69. The first kappa shape index (κ1) is 16.7. The summed E-state index contributed by atoms with van der Waals surface area (Å²) in [6.07, 6.45) is 15.8. The molecule has 0 radical (unpaired) electrons. The second-order valence-electron chi connectivity index (χ2n) is 6.11. The van der Waals surface area contributed by atoms with Crippen LogP contribution in [0.1, 0.15) is 31.5 Å². The Balaban J connectivity index is 2.06. The van der Waals surface area contributed by atoms with Crippen molar-refractivity contribution in [3.8, 4) is 24.7 Å². The normalized spacial score (nSPS) is 22.8. The number of furan rings is 1. The Morgan fingerprint density at radius 1 is 1.52 bits per heavy atom. The fourth-order valence-electron chi connectivity index (χ4n) is 2.78. The summed E-state index contributed by atoms with van der Waals surface area (Å²) in [5.74, 6) is 5.58. The van der Waals surface area contributed by atoms with Crippen LogP contribution in [0.3, 0.4) is 0 Å². The third kappa shape index (κ3) is 3.41. The fraction of sp³-hybridized carbons (Fsp3) is 0.350. The minimum absolute atomic E-state index is 0.125. The van der Waals surface area contributed by atoms with Crippen molar-refractivity contribution in [3.63, 3.8) is 0 Å². The van der Waals surface area contributed by atoms with E-state index in [1.807, 2.05) is 26.0 Å². The van der Waals surface area contributed by atoms with Crippen LogP contribution in [0.25, 0.3) is 0 Å². The average Bonchev–Trinajstić information content (AvgIpc) is 2.85. The predicted molar refractivity (Wildman–Crippen MR) is 89.0 cm³/mol. The van der Waals surface area contributed by atoms with Crippen LogP contribution in [0, 0.1) is 41.9 Å². The van der Waals surface area contributed by atoms with Crippen LogP contribution in [-0.2, 0) is 16.0 Å². The summed E-state index contributed by atoms with van der Waals surface area (Å²) >= 11 is 0. The molecule has 118 valence electrons. The monoisotopic (exact) mass is 308 g/mol. The Labute approximate surface area is 137 Å². The number of hydrogen-bond donors (Lipinski definition) is 0. The zero-order valence-electron chi connectivity index (χ0n) is 13.4. The molecule has 0 bridgehead atoms. The van der Waals surface area contributed by atoms with Crippen molar-refractivity contribution in [2.75, 3.05) is 0 Å². The van der Waals surface area contributed by atoms with Crippen molar-refractivity contribution in [2.45, 2.75) is 26.4 Å². The third-order valence-corrected chi connectivity index (χ3v) is 4.22. The highest BCUT2D eigenvalue weighted by atomic mass is 16.6. The van der Waals surface area contributed by atoms with Crippen LogP contribution in [0.2, 0.25) is 0 Å². The SMILES string of the molecule is C#CCc1ccc(C(C#C)OC(=O)C2C(C=CC=C)C2(C)C)o1. The molecule has 3 unspecified atom stereocenters. The van der Waals surface area contributed by atoms with Crippen molar-refractivity contribution in [2.24, 2.45) is 17.3 Å². The maximum absolute atomic E-state index is 12.4. The van der Waals surface area contributed by atoms with Gasteiger partial charge in [-0.2, -0.15) is 0 Å². The number of carbonyl (C=O) groups excluding carboxylic acids is 1. The summed E-state index contributed by atoms with van der Waals surface area (Å²) in [6, 6.07) is 3.43. The number of hydrogen-bond acceptors (Lipinski definition) is 3. The summed E-state index contributed by atoms with van der Waals surface area (Å²) in [5.41, 5.74) is -0.145. The highest BCUT2D eigenvalue weighted by molar-refractivity contribution is 5.78. The zero-order chi connectivity index (χ0) is 17.0. The summed E-state index contributed by atoms with van der Waals surface area (Å²) in [5, 5.41) is 0. The standard InChI is InChI=1S/C20H20O3/c1-6-9-11-15-18(20(15,4)5)19(21)23-16(8-3)17-13-12-14(22-17)10-7-2/h2-3,6,9,11-13,15-16,18H,1,10H2,4-5H3. The van der Waals surface area contributed by atoms with E-state index in [4.69, 9.17) is 22.0 Å². The molecule has 0 amide bonds. The lowest BCUT2D eigenvalue weighted by Gasteiger charge is -2.10. The summed E-state index contributed by atoms with van der Waals surface area (Å²) in [4.78, 5) is 12.4. The lowest BCUT2D eigenvalue weighted by Crippen LogP contribution is -2.14. The van der Waals surface area contributed by atoms with Gasteiger partial charge in [-0.15, -0.1) is 12.8 Å². The molecule has 0 N–H and O–H groups in total. The Kier molecular flexibility index (Phi) is 4.82. The number of terminal acetylenes is 2. The number of ether oxygens (including phenoxy) is 1. The van der Waals surface area contributed by atoms with E-state index in [1.54, 1.807) is 18.2 Å². The zero-order valence-corrected chi connectivity index (χ0v) is 13.4. The van der Waals surface area contributed by atoms with E-state index in [1.165, 1.54) is 0 Å². The average molecular weight is 308 g/mol. The largest absolute Gasteiger partial charge is 0.460 e. The van der Waals surface area contributed by atoms with Gasteiger partial charge < -0.3 is 9.15 Å². The maximum atomic E-state index is 12.4. The van der Waals surface area contributed by atoms with Crippen molar-refractivity contribution < 1.29 is 13.9 Å². The second kappa shape index (κ2) is 6.63. The Bertz CT molecular complexity index is 706. The number of rotatable bonds is 6. The molecule has 23 heavy (non-hydrogen) atoms. The molecule has 1 heterocycles. The molecular formula is C20H20O3. The summed E-state index contributed by atoms with van der Waals surface area (Å²) in [7, 11) is 0. The molecule has 1 aromatic rings. The molecule has 0 saturated heterocycles. The quantitative estimate of drug-likeness (QED) is 0.457. The maximum Gasteiger partial charge on any atom is 0.311 e. The van der Waals surface area contributed by atoms with Gasteiger partial charge in [0.2, 0.25) is 6.10 Å². The van der Waals surface area contributed by atoms with Gasteiger partial charge in [0.05, 0.1) is 12.3 Å². The minimum atomic E-state index is -0.838. The molecule has 0 aromatic carbocycles. The van der Waals surface area contributed by atoms with Crippen LogP contribution in [0.5, 0.6) is 0 Å². The molecule has 2 rings (SSSR count). The highest BCUT2D eigenvalue weighted by Crippen LogP contribution is 2.59. The fourth-order valence-corrected chi connectivity index (χ4v) is 2.78. The van der Waals surface area contributed by atoms with E-state index in [0.29, 0.717) is 17.9 Å². The molecule has 1 fully saturated rings. The van der Waals surface area contributed by atoms with Gasteiger partial charge in [-0.25, -0.2) is 0 Å². The Morgan fingerprint density at radius 3 is 2.87 bits per heavy atom. The van der Waals surface area contributed by atoms with Gasteiger partial charge >= 0.3 is 5.97 Å². The molecule has 3 atom stereocenters. The van der Waals surface area contributed by atoms with E-state index in [0.717, 1.165) is 0 Å². The van der Waals surface area contributed by atoms with E-state index in [-0.39, 0.29) is 23.2 Å². The van der Waals surface area contributed by atoms with Gasteiger partial charge in [0.1, 0.15) is 5.76 Å². The first-order chi connectivity index (χ1) is 11.0. The molecular weight excluding hydrogens is 288 g/mol. The lowest BCUT2D eigenvalue weighted by molar-refractivity contribution is -0.150. The first-order valence-corrected chi connectivity index (χ1v) is 7.43. The Hall–Kier alpha value is -2.65. The summed E-state index contributed by atoms with van der Waals surface area (Å²) in [6.45, 7) is 7.70. The van der Waals surface area contributed by atoms with E-state index in [2.05, 4.69) is 18.4 Å². The number of esters is 1. The Morgan fingerprint density at radius 2 is 2.26 bits per heavy atom. The van der Waals surface area contributed by atoms with Crippen molar-refractivity contribution in [1.82, 2.24) is 0 Å². The molecule has 3 nitrogen and oxygen atoms in total. The van der Waals surface area contributed by atoms with Gasteiger partial charge in [-0.05, 0) is 23.5 Å². The lowest BCUT2D eigenvalue weighted by atomic mass is 10.1. The van der Waals surface area contributed by atoms with Gasteiger partial charge in [0.25, 0.3) is 0 Å². The van der Waals surface area contributed by atoms with Crippen LogP contribution < -0.4 is 0 Å². The van der Waals surface area contributed by atoms with E-state index >= 15 is 0 Å². The molecule has 0 aliphatic heterocycles. The molecule has 1 saturated carbocycles. The second-order valence-corrected chi connectivity index (χ2v) is 6.11. The molecule has 0 spiro atoms.